The number of fused-ring (bicyclic) bond motifs is 1. The van der Waals surface area contributed by atoms with Crippen LogP contribution in [0.2, 0.25) is 0 Å². The average molecular weight is 244 g/mol. The number of benzene rings is 1. The molecule has 5 nitrogen and oxygen atoms in total. The molecule has 92 valence electrons. The third-order valence-electron chi connectivity index (χ3n) is 2.65. The van der Waals surface area contributed by atoms with E-state index < -0.39 is 0 Å². The largest absolute Gasteiger partial charge is 0.457 e. The monoisotopic (exact) mass is 244 g/mol. The van der Waals surface area contributed by atoms with Gasteiger partial charge in [0.2, 0.25) is 6.79 Å². The lowest BCUT2D eigenvalue weighted by Crippen LogP contribution is -1.99. The second kappa shape index (κ2) is 4.54. The molecule has 18 heavy (non-hydrogen) atoms. The Labute approximate surface area is 104 Å². The van der Waals surface area contributed by atoms with Gasteiger partial charge in [0.05, 0.1) is 0 Å². The van der Waals surface area contributed by atoms with Gasteiger partial charge in [-0.2, -0.15) is 0 Å². The normalized spacial score (nSPS) is 12.5. The van der Waals surface area contributed by atoms with Crippen LogP contribution in [0.25, 0.3) is 0 Å². The predicted octanol–water partition coefficient (Wildman–Crippen LogP) is 2.06. The molecule has 0 saturated carbocycles. The van der Waals surface area contributed by atoms with E-state index in [4.69, 9.17) is 19.9 Å². The van der Waals surface area contributed by atoms with E-state index in [1.165, 1.54) is 0 Å². The first-order valence-corrected chi connectivity index (χ1v) is 5.57. The van der Waals surface area contributed by atoms with Crippen LogP contribution in [0.3, 0.4) is 0 Å². The zero-order valence-electron chi connectivity index (χ0n) is 9.63. The minimum absolute atomic E-state index is 0.252. The van der Waals surface area contributed by atoms with Crippen LogP contribution in [0.15, 0.2) is 36.7 Å². The van der Waals surface area contributed by atoms with Crippen LogP contribution < -0.4 is 19.9 Å². The van der Waals surface area contributed by atoms with Crippen LogP contribution in [0, 0.1) is 0 Å². The lowest BCUT2D eigenvalue weighted by molar-refractivity contribution is 0.174. The van der Waals surface area contributed by atoms with Crippen molar-refractivity contribution < 1.29 is 14.2 Å². The molecule has 1 aromatic heterocycles. The molecule has 0 amide bonds. The smallest absolute Gasteiger partial charge is 0.231 e. The van der Waals surface area contributed by atoms with Crippen LogP contribution >= 0.6 is 0 Å². The van der Waals surface area contributed by atoms with Crippen molar-refractivity contribution in [2.75, 3.05) is 6.79 Å². The van der Waals surface area contributed by atoms with E-state index >= 15 is 0 Å². The molecule has 3 rings (SSSR count). The molecular weight excluding hydrogens is 232 g/mol. The minimum Gasteiger partial charge on any atom is -0.457 e. The average Bonchev–Trinajstić information content (AvgIpc) is 2.87. The molecule has 0 aliphatic carbocycles. The Morgan fingerprint density at radius 2 is 2.11 bits per heavy atom. The fourth-order valence-corrected chi connectivity index (χ4v) is 1.73. The lowest BCUT2D eigenvalue weighted by atomic mass is 10.2. The number of pyridine rings is 1. The van der Waals surface area contributed by atoms with E-state index in [-0.39, 0.29) is 6.79 Å². The highest BCUT2D eigenvalue weighted by atomic mass is 16.7. The SMILES string of the molecule is NCc1cnccc1Oc1ccc2c(c1)OCO2. The van der Waals surface area contributed by atoms with Crippen LogP contribution in [-0.4, -0.2) is 11.8 Å². The Balaban J connectivity index is 1.88. The highest BCUT2D eigenvalue weighted by molar-refractivity contribution is 5.48. The number of hydrogen-bond donors (Lipinski definition) is 1. The third-order valence-corrected chi connectivity index (χ3v) is 2.65. The first kappa shape index (κ1) is 10.9. The van der Waals surface area contributed by atoms with Gasteiger partial charge in [0.25, 0.3) is 0 Å². The third kappa shape index (κ3) is 1.96. The summed E-state index contributed by atoms with van der Waals surface area (Å²) in [6.07, 6.45) is 3.36. The summed E-state index contributed by atoms with van der Waals surface area (Å²) < 4.78 is 16.3. The van der Waals surface area contributed by atoms with Crippen LogP contribution in [0.5, 0.6) is 23.0 Å². The van der Waals surface area contributed by atoms with Gasteiger partial charge in [0.1, 0.15) is 11.5 Å². The summed E-state index contributed by atoms with van der Waals surface area (Å²) in [5.74, 6) is 2.80. The maximum Gasteiger partial charge on any atom is 0.231 e. The molecular formula is C13H12N2O3. The number of hydrogen-bond acceptors (Lipinski definition) is 5. The molecule has 0 bridgehead atoms. The van der Waals surface area contributed by atoms with Gasteiger partial charge in [-0.1, -0.05) is 0 Å². The molecule has 0 atom stereocenters. The summed E-state index contributed by atoms with van der Waals surface area (Å²) >= 11 is 0. The van der Waals surface area contributed by atoms with E-state index in [1.54, 1.807) is 24.5 Å². The standard InChI is InChI=1S/C13H12N2O3/c14-6-9-7-15-4-3-11(9)18-10-1-2-12-13(5-10)17-8-16-12/h1-5,7H,6,8,14H2. The first-order chi connectivity index (χ1) is 8.86. The van der Waals surface area contributed by atoms with Crippen LogP contribution in [0.4, 0.5) is 0 Å². The summed E-state index contributed by atoms with van der Waals surface area (Å²) in [5.41, 5.74) is 6.49. The van der Waals surface area contributed by atoms with Crippen LogP contribution in [-0.2, 0) is 6.54 Å². The second-order valence-corrected chi connectivity index (χ2v) is 3.80. The first-order valence-electron chi connectivity index (χ1n) is 5.57. The molecule has 0 spiro atoms. The van der Waals surface area contributed by atoms with Gasteiger partial charge >= 0.3 is 0 Å². The summed E-state index contributed by atoms with van der Waals surface area (Å²) in [7, 11) is 0. The van der Waals surface area contributed by atoms with E-state index in [9.17, 15) is 0 Å². The fourth-order valence-electron chi connectivity index (χ4n) is 1.73. The lowest BCUT2D eigenvalue weighted by Gasteiger charge is -2.09. The molecule has 2 N–H and O–H groups in total. The zero-order valence-corrected chi connectivity index (χ0v) is 9.63. The van der Waals surface area contributed by atoms with Gasteiger partial charge in [-0.25, -0.2) is 0 Å². The van der Waals surface area contributed by atoms with E-state index in [0.29, 0.717) is 23.8 Å². The maximum absolute atomic E-state index is 5.77. The second-order valence-electron chi connectivity index (χ2n) is 3.80. The summed E-state index contributed by atoms with van der Waals surface area (Å²) in [5, 5.41) is 0. The molecule has 5 heteroatoms. The summed E-state index contributed by atoms with van der Waals surface area (Å²) in [6.45, 7) is 0.635. The van der Waals surface area contributed by atoms with Gasteiger partial charge in [-0.15, -0.1) is 0 Å². The molecule has 2 aromatic rings. The molecule has 1 aliphatic heterocycles. The maximum atomic E-state index is 5.77. The van der Waals surface area contributed by atoms with Crippen molar-refractivity contribution in [3.05, 3.63) is 42.2 Å². The number of aromatic nitrogens is 1. The fraction of sp³-hybridized carbons (Fsp3) is 0.154. The number of nitrogens with two attached hydrogens (primary N) is 1. The quantitative estimate of drug-likeness (QED) is 0.895. The zero-order chi connectivity index (χ0) is 12.4. The van der Waals surface area contributed by atoms with Crippen molar-refractivity contribution in [2.45, 2.75) is 6.54 Å². The molecule has 1 aliphatic rings. The molecule has 0 radical (unpaired) electrons. The van der Waals surface area contributed by atoms with Crippen molar-refractivity contribution in [3.8, 4) is 23.0 Å². The van der Waals surface area contributed by atoms with E-state index in [1.807, 2.05) is 12.1 Å². The number of nitrogens with zero attached hydrogens (tertiary/aromatic N) is 1. The van der Waals surface area contributed by atoms with E-state index in [0.717, 1.165) is 11.3 Å². The summed E-state index contributed by atoms with van der Waals surface area (Å²) in [4.78, 5) is 4.01. The van der Waals surface area contributed by atoms with Gasteiger partial charge in [-0.05, 0) is 18.2 Å². The molecule has 0 unspecified atom stereocenters. The van der Waals surface area contributed by atoms with Gasteiger partial charge in [0.15, 0.2) is 11.5 Å². The van der Waals surface area contributed by atoms with Gasteiger partial charge in [-0.3, -0.25) is 4.98 Å². The number of ether oxygens (including phenoxy) is 3. The highest BCUT2D eigenvalue weighted by Gasteiger charge is 2.14. The predicted molar refractivity (Wildman–Crippen MR) is 64.8 cm³/mol. The van der Waals surface area contributed by atoms with Crippen molar-refractivity contribution in [3.63, 3.8) is 0 Å². The summed E-state index contributed by atoms with van der Waals surface area (Å²) in [6, 6.07) is 7.23. The minimum atomic E-state index is 0.252. The Bertz CT molecular complexity index is 572. The highest BCUT2D eigenvalue weighted by Crippen LogP contribution is 2.36. The molecule has 0 saturated heterocycles. The van der Waals surface area contributed by atoms with Gasteiger partial charge < -0.3 is 19.9 Å². The van der Waals surface area contributed by atoms with Crippen molar-refractivity contribution in [1.82, 2.24) is 4.98 Å². The Hall–Kier alpha value is -2.27. The Morgan fingerprint density at radius 3 is 3.00 bits per heavy atom. The molecule has 1 aromatic carbocycles. The van der Waals surface area contributed by atoms with Crippen LogP contribution in [0.1, 0.15) is 5.56 Å². The van der Waals surface area contributed by atoms with E-state index in [2.05, 4.69) is 4.98 Å². The van der Waals surface area contributed by atoms with Gasteiger partial charge in [0, 0.05) is 30.6 Å². The Morgan fingerprint density at radius 1 is 1.22 bits per heavy atom. The molecule has 2 heterocycles. The molecule has 0 fully saturated rings. The van der Waals surface area contributed by atoms with Crippen molar-refractivity contribution in [2.24, 2.45) is 5.73 Å². The van der Waals surface area contributed by atoms with Crippen molar-refractivity contribution >= 4 is 0 Å². The van der Waals surface area contributed by atoms with Crippen molar-refractivity contribution in [1.29, 1.82) is 0 Å². The topological polar surface area (TPSA) is 66.6 Å². The number of rotatable bonds is 3. The Kier molecular flexibility index (Phi) is 2.74.